The number of hydrogen-bond donors (Lipinski definition) is 0. The number of anilines is 2. The van der Waals surface area contributed by atoms with Crippen molar-refractivity contribution < 1.29 is 9.66 Å². The smallest absolute Gasteiger partial charge is 0.311 e. The molecule has 10 nitrogen and oxygen atoms in total. The summed E-state index contributed by atoms with van der Waals surface area (Å²) < 4.78 is 6.92. The molecule has 0 radical (unpaired) electrons. The molecular weight excluding hydrogens is 350 g/mol. The summed E-state index contributed by atoms with van der Waals surface area (Å²) in [5.74, 6) is 1.83. The number of nitrogens with zero attached hydrogens (tertiary/aromatic N) is 7. The Balaban J connectivity index is 1.54. The van der Waals surface area contributed by atoms with E-state index in [1.54, 1.807) is 16.6 Å². The summed E-state index contributed by atoms with van der Waals surface area (Å²) >= 11 is 0. The molecule has 3 heterocycles. The fourth-order valence-corrected chi connectivity index (χ4v) is 3.34. The molecule has 1 aromatic carbocycles. The molecule has 0 bridgehead atoms. The lowest BCUT2D eigenvalue weighted by molar-refractivity contribution is -0.385. The molecule has 1 saturated heterocycles. The second-order valence-electron chi connectivity index (χ2n) is 6.31. The zero-order valence-electron chi connectivity index (χ0n) is 15.1. The van der Waals surface area contributed by atoms with Crippen LogP contribution in [0.15, 0.2) is 30.6 Å². The van der Waals surface area contributed by atoms with Crippen LogP contribution in [-0.2, 0) is 0 Å². The molecular formula is C17H19N7O3. The van der Waals surface area contributed by atoms with Gasteiger partial charge >= 0.3 is 5.69 Å². The molecule has 0 amide bonds. The van der Waals surface area contributed by atoms with Crippen molar-refractivity contribution in [2.24, 2.45) is 0 Å². The second kappa shape index (κ2) is 6.71. The summed E-state index contributed by atoms with van der Waals surface area (Å²) in [7, 11) is 1.44. The number of fused-ring (bicyclic) bond motifs is 1. The van der Waals surface area contributed by atoms with Gasteiger partial charge in [-0.25, -0.2) is 4.98 Å². The van der Waals surface area contributed by atoms with Gasteiger partial charge in [-0.3, -0.25) is 10.1 Å². The van der Waals surface area contributed by atoms with Crippen LogP contribution in [0.2, 0.25) is 0 Å². The lowest BCUT2D eigenvalue weighted by atomic mass is 10.2. The van der Waals surface area contributed by atoms with Crippen molar-refractivity contribution in [3.8, 4) is 5.75 Å². The molecule has 4 rings (SSSR count). The normalized spacial score (nSPS) is 14.6. The number of methoxy groups -OCH3 is 1. The van der Waals surface area contributed by atoms with E-state index in [1.165, 1.54) is 19.5 Å². The largest absolute Gasteiger partial charge is 0.490 e. The number of aromatic nitrogens is 4. The fourth-order valence-electron chi connectivity index (χ4n) is 3.34. The van der Waals surface area contributed by atoms with Crippen LogP contribution in [0.4, 0.5) is 17.2 Å². The van der Waals surface area contributed by atoms with Crippen molar-refractivity contribution in [1.29, 1.82) is 0 Å². The molecule has 3 aromatic rings. The highest BCUT2D eigenvalue weighted by atomic mass is 16.6. The summed E-state index contributed by atoms with van der Waals surface area (Å²) in [5, 5.41) is 15.3. The Morgan fingerprint density at radius 2 is 1.89 bits per heavy atom. The standard InChI is InChI=1S/C17H19N7O3/c1-12-9-16(23-17(20-12)18-11-19-23)22-7-5-21(6-8-22)13-3-4-14(24(25)26)15(10-13)27-2/h3-4,9-11H,5-8H2,1-2H3. The van der Waals surface area contributed by atoms with Gasteiger partial charge in [-0.2, -0.15) is 14.6 Å². The number of rotatable bonds is 4. The number of piperazine rings is 1. The average molecular weight is 369 g/mol. The first-order chi connectivity index (χ1) is 13.1. The Bertz CT molecular complexity index is 995. The number of ether oxygens (including phenoxy) is 1. The van der Waals surface area contributed by atoms with Gasteiger partial charge in [0.2, 0.25) is 0 Å². The van der Waals surface area contributed by atoms with E-state index in [9.17, 15) is 10.1 Å². The van der Waals surface area contributed by atoms with Crippen molar-refractivity contribution in [3.05, 3.63) is 46.4 Å². The number of hydrogen-bond acceptors (Lipinski definition) is 8. The van der Waals surface area contributed by atoms with Crippen LogP contribution in [0.5, 0.6) is 5.75 Å². The summed E-state index contributed by atoms with van der Waals surface area (Å²) in [6.45, 7) is 5.07. The summed E-state index contributed by atoms with van der Waals surface area (Å²) in [4.78, 5) is 23.6. The van der Waals surface area contributed by atoms with Crippen LogP contribution in [0, 0.1) is 17.0 Å². The molecule has 1 fully saturated rings. The number of nitro benzene ring substituents is 1. The second-order valence-corrected chi connectivity index (χ2v) is 6.31. The van der Waals surface area contributed by atoms with Gasteiger partial charge in [0.15, 0.2) is 5.75 Å². The van der Waals surface area contributed by atoms with Crippen LogP contribution < -0.4 is 14.5 Å². The Kier molecular flexibility index (Phi) is 4.22. The molecule has 140 valence electrons. The Morgan fingerprint density at radius 3 is 2.59 bits per heavy atom. The van der Waals surface area contributed by atoms with Gasteiger partial charge < -0.3 is 14.5 Å². The van der Waals surface area contributed by atoms with E-state index in [0.29, 0.717) is 5.78 Å². The molecule has 0 aliphatic carbocycles. The van der Waals surface area contributed by atoms with E-state index in [-0.39, 0.29) is 11.4 Å². The van der Waals surface area contributed by atoms with Crippen LogP contribution in [-0.4, -0.2) is 57.8 Å². The van der Waals surface area contributed by atoms with E-state index in [4.69, 9.17) is 4.74 Å². The van der Waals surface area contributed by atoms with Gasteiger partial charge in [0.1, 0.15) is 12.1 Å². The Hall–Kier alpha value is -3.43. The fraction of sp³-hybridized carbons (Fsp3) is 0.353. The lowest BCUT2D eigenvalue weighted by Gasteiger charge is -2.37. The first kappa shape index (κ1) is 17.0. The summed E-state index contributed by atoms with van der Waals surface area (Å²) in [5.41, 5.74) is 1.78. The van der Waals surface area contributed by atoms with Crippen molar-refractivity contribution in [3.63, 3.8) is 0 Å². The Labute approximate surface area is 155 Å². The highest BCUT2D eigenvalue weighted by Crippen LogP contribution is 2.32. The molecule has 10 heteroatoms. The van der Waals surface area contributed by atoms with Crippen LogP contribution >= 0.6 is 0 Å². The van der Waals surface area contributed by atoms with Crippen molar-refractivity contribution in [2.45, 2.75) is 6.92 Å². The maximum Gasteiger partial charge on any atom is 0.311 e. The Morgan fingerprint density at radius 1 is 1.15 bits per heavy atom. The van der Waals surface area contributed by atoms with E-state index >= 15 is 0 Å². The SMILES string of the molecule is COc1cc(N2CCN(c3cc(C)nc4ncnn34)CC2)ccc1[N+](=O)[O-]. The van der Waals surface area contributed by atoms with Crippen LogP contribution in [0.25, 0.3) is 5.78 Å². The zero-order valence-corrected chi connectivity index (χ0v) is 15.1. The van der Waals surface area contributed by atoms with Gasteiger partial charge in [0.05, 0.1) is 12.0 Å². The first-order valence-electron chi connectivity index (χ1n) is 8.56. The predicted molar refractivity (Wildman–Crippen MR) is 99.6 cm³/mol. The van der Waals surface area contributed by atoms with E-state index in [0.717, 1.165) is 43.4 Å². The minimum absolute atomic E-state index is 0.0271. The number of aryl methyl sites for hydroxylation is 1. The maximum atomic E-state index is 11.1. The van der Waals surface area contributed by atoms with E-state index in [1.807, 2.05) is 13.0 Å². The number of benzene rings is 1. The molecule has 0 spiro atoms. The van der Waals surface area contributed by atoms with Crippen molar-refractivity contribution >= 4 is 23.0 Å². The van der Waals surface area contributed by atoms with Crippen molar-refractivity contribution in [2.75, 3.05) is 43.1 Å². The maximum absolute atomic E-state index is 11.1. The van der Waals surface area contributed by atoms with E-state index < -0.39 is 4.92 Å². The molecule has 1 aliphatic heterocycles. The van der Waals surface area contributed by atoms with Gasteiger partial charge in [0.25, 0.3) is 5.78 Å². The van der Waals surface area contributed by atoms with Crippen LogP contribution in [0.3, 0.4) is 0 Å². The molecule has 0 atom stereocenters. The molecule has 2 aromatic heterocycles. The highest BCUT2D eigenvalue weighted by molar-refractivity contribution is 5.60. The third kappa shape index (κ3) is 3.09. The molecule has 0 unspecified atom stereocenters. The molecule has 27 heavy (non-hydrogen) atoms. The quantitative estimate of drug-likeness (QED) is 0.506. The summed E-state index contributed by atoms with van der Waals surface area (Å²) in [6.07, 6.45) is 1.50. The summed E-state index contributed by atoms with van der Waals surface area (Å²) in [6, 6.07) is 6.99. The molecule has 1 aliphatic rings. The third-order valence-electron chi connectivity index (χ3n) is 4.69. The topological polar surface area (TPSA) is 102 Å². The van der Waals surface area contributed by atoms with Gasteiger partial charge in [-0.15, -0.1) is 0 Å². The average Bonchev–Trinajstić information content (AvgIpc) is 3.15. The molecule has 0 N–H and O–H groups in total. The lowest BCUT2D eigenvalue weighted by Crippen LogP contribution is -2.47. The van der Waals surface area contributed by atoms with Gasteiger partial charge in [-0.05, 0) is 13.0 Å². The van der Waals surface area contributed by atoms with Crippen LogP contribution in [0.1, 0.15) is 5.69 Å². The minimum Gasteiger partial charge on any atom is -0.490 e. The highest BCUT2D eigenvalue weighted by Gasteiger charge is 2.23. The minimum atomic E-state index is -0.435. The monoisotopic (exact) mass is 369 g/mol. The zero-order chi connectivity index (χ0) is 19.0. The van der Waals surface area contributed by atoms with Crippen molar-refractivity contribution in [1.82, 2.24) is 19.6 Å². The van der Waals surface area contributed by atoms with Gasteiger partial charge in [-0.1, -0.05) is 0 Å². The molecule has 0 saturated carbocycles. The van der Waals surface area contributed by atoms with E-state index in [2.05, 4.69) is 24.9 Å². The number of nitro groups is 1. The van der Waals surface area contributed by atoms with Gasteiger partial charge in [0, 0.05) is 55.8 Å². The predicted octanol–water partition coefficient (Wildman–Crippen LogP) is 1.68. The third-order valence-corrected chi connectivity index (χ3v) is 4.69. The first-order valence-corrected chi connectivity index (χ1v) is 8.56.